The second-order valence-corrected chi connectivity index (χ2v) is 11.0. The molecule has 0 unspecified atom stereocenters. The van der Waals surface area contributed by atoms with Crippen LogP contribution in [0.15, 0.2) is 127 Å². The van der Waals surface area contributed by atoms with Crippen LogP contribution < -0.4 is 0 Å². The molecule has 6 aromatic carbocycles. The average Bonchev–Trinajstić information content (AvgIpc) is 3.73. The van der Waals surface area contributed by atoms with Gasteiger partial charge in [-0.05, 0) is 58.7 Å². The SMILES string of the molecule is c1ccc(-c2cc3c4c(c2)n2nnc5c(-c6ccccc6)ccc(c52)n-4c2ccc(-c4ccccc4)c4nnn3c42)cc1. The third kappa shape index (κ3) is 2.97. The first-order chi connectivity index (χ1) is 21.3. The summed E-state index contributed by atoms with van der Waals surface area (Å²) in [5.41, 5.74) is 15.2. The fraction of sp³-hybridized carbons (Fsp3) is 0. The average molecular weight is 552 g/mol. The first-order valence-electron chi connectivity index (χ1n) is 14.3. The number of nitrogens with zero attached hydrogens (tertiary/aromatic N) is 7. The van der Waals surface area contributed by atoms with Gasteiger partial charge in [-0.25, -0.2) is 9.03 Å². The van der Waals surface area contributed by atoms with E-state index >= 15 is 0 Å². The number of aromatic nitrogens is 7. The molecule has 0 atom stereocenters. The molecule has 43 heavy (non-hydrogen) atoms. The molecule has 2 aliphatic rings. The lowest BCUT2D eigenvalue weighted by atomic mass is 9.99. The van der Waals surface area contributed by atoms with Crippen molar-refractivity contribution in [2.75, 3.05) is 0 Å². The third-order valence-corrected chi connectivity index (χ3v) is 8.66. The molecule has 7 nitrogen and oxygen atoms in total. The Labute approximate surface area is 244 Å². The van der Waals surface area contributed by atoms with E-state index in [9.17, 15) is 0 Å². The van der Waals surface area contributed by atoms with Crippen molar-refractivity contribution >= 4 is 44.1 Å². The minimum Gasteiger partial charge on any atom is -0.302 e. The van der Waals surface area contributed by atoms with Crippen LogP contribution >= 0.6 is 0 Å². The Morgan fingerprint density at radius 2 is 0.837 bits per heavy atom. The van der Waals surface area contributed by atoms with Crippen molar-refractivity contribution in [2.45, 2.75) is 0 Å². The van der Waals surface area contributed by atoms with Crippen LogP contribution in [0.5, 0.6) is 0 Å². The minimum atomic E-state index is 0.871. The standard InChI is InChI=1S/C36H21N7/c1-4-10-22(11-5-1)25-20-30-34-31(21-25)43-36-29(19-17-27(33(36)38-40-43)24-14-8-3-9-15-24)41(34)28-18-16-26(23-12-6-2-7-13-23)32-35(28)42(30)39-37-32/h1-21H. The molecule has 0 amide bonds. The Morgan fingerprint density at radius 1 is 0.395 bits per heavy atom. The molecule has 0 saturated carbocycles. The lowest BCUT2D eigenvalue weighted by Gasteiger charge is -2.23. The first kappa shape index (κ1) is 22.6. The van der Waals surface area contributed by atoms with E-state index in [1.165, 1.54) is 0 Å². The monoisotopic (exact) mass is 551 g/mol. The Morgan fingerprint density at radius 3 is 1.30 bits per heavy atom. The highest BCUT2D eigenvalue weighted by atomic mass is 15.4. The first-order valence-corrected chi connectivity index (χ1v) is 14.3. The number of rotatable bonds is 3. The van der Waals surface area contributed by atoms with Crippen LogP contribution in [0.25, 0.3) is 83.2 Å². The van der Waals surface area contributed by atoms with E-state index in [1.807, 2.05) is 27.2 Å². The van der Waals surface area contributed by atoms with Gasteiger partial charge in [-0.15, -0.1) is 10.2 Å². The fourth-order valence-electron chi connectivity index (χ4n) is 6.75. The van der Waals surface area contributed by atoms with E-state index in [2.05, 4.69) is 114 Å². The molecule has 0 bridgehead atoms. The summed E-state index contributed by atoms with van der Waals surface area (Å²) in [5, 5.41) is 19.1. The van der Waals surface area contributed by atoms with Gasteiger partial charge in [-0.1, -0.05) is 101 Å². The topological polar surface area (TPSA) is 65.3 Å². The number of benzene rings is 6. The quantitative estimate of drug-likeness (QED) is 0.165. The molecule has 8 aromatic rings. The van der Waals surface area contributed by atoms with Gasteiger partial charge in [0, 0.05) is 11.1 Å². The summed E-state index contributed by atoms with van der Waals surface area (Å²) in [4.78, 5) is 0. The van der Waals surface area contributed by atoms with E-state index in [0.29, 0.717) is 0 Å². The molecule has 2 aliphatic heterocycles. The van der Waals surface area contributed by atoms with Gasteiger partial charge in [-0.3, -0.25) is 0 Å². The minimum absolute atomic E-state index is 0.871. The van der Waals surface area contributed by atoms with Crippen molar-refractivity contribution in [3.8, 4) is 39.1 Å². The van der Waals surface area contributed by atoms with Crippen LogP contribution in [-0.2, 0) is 0 Å². The lowest BCUT2D eigenvalue weighted by molar-refractivity contribution is 0.864. The maximum atomic E-state index is 4.78. The van der Waals surface area contributed by atoms with E-state index < -0.39 is 0 Å². The summed E-state index contributed by atoms with van der Waals surface area (Å²) >= 11 is 0. The van der Waals surface area contributed by atoms with E-state index in [4.69, 9.17) is 20.6 Å². The summed E-state index contributed by atoms with van der Waals surface area (Å²) < 4.78 is 6.34. The largest absolute Gasteiger partial charge is 0.302 e. The Bertz CT molecular complexity index is 2440. The zero-order chi connectivity index (χ0) is 28.1. The van der Waals surface area contributed by atoms with Gasteiger partial charge >= 0.3 is 0 Å². The lowest BCUT2D eigenvalue weighted by Crippen LogP contribution is -2.12. The normalized spacial score (nSPS) is 12.2. The number of hydrogen-bond acceptors (Lipinski definition) is 4. The predicted octanol–water partition coefficient (Wildman–Crippen LogP) is 7.90. The van der Waals surface area contributed by atoms with Crippen LogP contribution in [0.2, 0.25) is 0 Å². The highest BCUT2D eigenvalue weighted by Crippen LogP contribution is 2.42. The Hall–Kier alpha value is -6.08. The molecule has 10 rings (SSSR count). The highest BCUT2D eigenvalue weighted by molar-refractivity contribution is 6.11. The predicted molar refractivity (Wildman–Crippen MR) is 170 cm³/mol. The van der Waals surface area contributed by atoms with Gasteiger partial charge in [0.15, 0.2) is 0 Å². The molecule has 0 fully saturated rings. The summed E-state index contributed by atoms with van der Waals surface area (Å²) in [6.07, 6.45) is 0. The van der Waals surface area contributed by atoms with Crippen molar-refractivity contribution in [3.05, 3.63) is 127 Å². The maximum Gasteiger partial charge on any atom is 0.123 e. The Kier molecular flexibility index (Phi) is 4.33. The highest BCUT2D eigenvalue weighted by Gasteiger charge is 2.27. The van der Waals surface area contributed by atoms with Gasteiger partial charge in [0.25, 0.3) is 0 Å². The molecule has 0 spiro atoms. The van der Waals surface area contributed by atoms with Gasteiger partial charge in [0.1, 0.15) is 22.1 Å². The Balaban J connectivity index is 1.43. The van der Waals surface area contributed by atoms with Crippen LogP contribution in [0, 0.1) is 0 Å². The van der Waals surface area contributed by atoms with Crippen LogP contribution in [0.3, 0.4) is 0 Å². The van der Waals surface area contributed by atoms with Crippen molar-refractivity contribution in [1.29, 1.82) is 0 Å². The molecular formula is C36H21N7. The zero-order valence-corrected chi connectivity index (χ0v) is 22.8. The summed E-state index contributed by atoms with van der Waals surface area (Å²) in [5.74, 6) is 0. The molecule has 4 heterocycles. The van der Waals surface area contributed by atoms with Crippen LogP contribution in [-0.4, -0.2) is 34.2 Å². The molecule has 2 aromatic heterocycles. The second kappa shape index (κ2) is 8.24. The summed E-state index contributed by atoms with van der Waals surface area (Å²) in [7, 11) is 0. The maximum absolute atomic E-state index is 4.78. The van der Waals surface area contributed by atoms with Crippen molar-refractivity contribution in [2.24, 2.45) is 0 Å². The molecule has 7 heteroatoms. The summed E-state index contributed by atoms with van der Waals surface area (Å²) in [6.45, 7) is 0. The molecule has 0 N–H and O–H groups in total. The van der Waals surface area contributed by atoms with E-state index in [0.717, 1.165) is 83.2 Å². The van der Waals surface area contributed by atoms with Crippen molar-refractivity contribution in [3.63, 3.8) is 0 Å². The van der Waals surface area contributed by atoms with Crippen molar-refractivity contribution in [1.82, 2.24) is 34.2 Å². The van der Waals surface area contributed by atoms with Gasteiger partial charge in [-0.2, -0.15) is 0 Å². The zero-order valence-electron chi connectivity index (χ0n) is 22.8. The van der Waals surface area contributed by atoms with Crippen LogP contribution in [0.4, 0.5) is 0 Å². The van der Waals surface area contributed by atoms with Gasteiger partial charge in [0.2, 0.25) is 0 Å². The molecular weight excluding hydrogens is 530 g/mol. The van der Waals surface area contributed by atoms with Crippen molar-refractivity contribution < 1.29 is 0 Å². The third-order valence-electron chi connectivity index (χ3n) is 8.66. The van der Waals surface area contributed by atoms with Gasteiger partial charge in [0.05, 0.1) is 27.8 Å². The van der Waals surface area contributed by atoms with E-state index in [-0.39, 0.29) is 0 Å². The molecule has 0 saturated heterocycles. The molecule has 0 aliphatic carbocycles. The second-order valence-electron chi connectivity index (χ2n) is 11.0. The fourth-order valence-corrected chi connectivity index (χ4v) is 6.75. The summed E-state index contributed by atoms with van der Waals surface area (Å²) in [6, 6.07) is 44.4. The molecule has 200 valence electrons. The number of hydrogen-bond donors (Lipinski definition) is 0. The number of fused-ring (bicyclic) bond motifs is 4. The smallest absolute Gasteiger partial charge is 0.123 e. The van der Waals surface area contributed by atoms with E-state index in [1.54, 1.807) is 0 Å². The van der Waals surface area contributed by atoms with Crippen LogP contribution in [0.1, 0.15) is 0 Å². The van der Waals surface area contributed by atoms with Gasteiger partial charge < -0.3 is 4.57 Å². The molecule has 0 radical (unpaired) electrons.